The average molecular weight is 274 g/mol. The van der Waals surface area contributed by atoms with E-state index in [4.69, 9.17) is 0 Å². The van der Waals surface area contributed by atoms with Crippen LogP contribution in [0.4, 0.5) is 0 Å². The molecule has 1 fully saturated rings. The molecule has 20 heavy (non-hydrogen) atoms. The van der Waals surface area contributed by atoms with E-state index in [1.54, 1.807) is 0 Å². The van der Waals surface area contributed by atoms with Crippen LogP contribution in [-0.2, 0) is 6.42 Å². The molecule has 112 valence electrons. The molecule has 0 bridgehead atoms. The number of rotatable bonds is 3. The zero-order valence-electron chi connectivity index (χ0n) is 13.4. The van der Waals surface area contributed by atoms with Crippen molar-refractivity contribution >= 4 is 0 Å². The Balaban J connectivity index is 2.04. The Morgan fingerprint density at radius 2 is 1.45 bits per heavy atom. The van der Waals surface area contributed by atoms with Crippen molar-refractivity contribution in [3.63, 3.8) is 0 Å². The molecule has 0 saturated heterocycles. The summed E-state index contributed by atoms with van der Waals surface area (Å²) in [5.74, 6) is 0.510. The molecule has 1 aromatic rings. The van der Waals surface area contributed by atoms with E-state index in [0.29, 0.717) is 5.92 Å². The number of aliphatic hydroxyl groups excluding tert-OH is 1. The lowest BCUT2D eigenvalue weighted by atomic mass is 9.83. The van der Waals surface area contributed by atoms with Gasteiger partial charge in [-0.25, -0.2) is 0 Å². The Morgan fingerprint density at radius 1 is 0.950 bits per heavy atom. The van der Waals surface area contributed by atoms with Crippen LogP contribution >= 0.6 is 0 Å². The summed E-state index contributed by atoms with van der Waals surface area (Å²) in [5.41, 5.74) is 5.37. The maximum atomic E-state index is 10.7. The molecule has 1 saturated carbocycles. The van der Waals surface area contributed by atoms with Crippen LogP contribution in [-0.4, -0.2) is 11.2 Å². The molecule has 1 atom stereocenters. The summed E-state index contributed by atoms with van der Waals surface area (Å²) >= 11 is 0. The second-order valence-electron chi connectivity index (χ2n) is 6.75. The highest BCUT2D eigenvalue weighted by atomic mass is 16.3. The Morgan fingerprint density at radius 3 is 2.00 bits per heavy atom. The molecule has 1 nitrogen and oxygen atoms in total. The van der Waals surface area contributed by atoms with Gasteiger partial charge in [-0.1, -0.05) is 49.8 Å². The highest BCUT2D eigenvalue weighted by Crippen LogP contribution is 2.28. The van der Waals surface area contributed by atoms with Gasteiger partial charge in [0.2, 0.25) is 0 Å². The lowest BCUT2D eigenvalue weighted by molar-refractivity contribution is 0.0910. The molecule has 1 unspecified atom stereocenters. The fraction of sp³-hybridized carbons (Fsp3) is 0.684. The molecular formula is C19H30O. The summed E-state index contributed by atoms with van der Waals surface area (Å²) in [6.07, 6.45) is 9.80. The third-order valence-electron chi connectivity index (χ3n) is 4.95. The third-order valence-corrected chi connectivity index (χ3v) is 4.95. The second kappa shape index (κ2) is 7.26. The van der Waals surface area contributed by atoms with Crippen LogP contribution in [0.1, 0.15) is 67.2 Å². The van der Waals surface area contributed by atoms with Crippen molar-refractivity contribution in [3.05, 3.63) is 34.4 Å². The molecule has 1 aromatic carbocycles. The molecule has 0 aliphatic heterocycles. The van der Waals surface area contributed by atoms with E-state index in [0.717, 1.165) is 6.42 Å². The Labute approximate surface area is 124 Å². The Bertz CT molecular complexity index is 404. The molecule has 0 aromatic heterocycles. The Kier molecular flexibility index (Phi) is 5.65. The lowest BCUT2D eigenvalue weighted by Gasteiger charge is -2.26. The summed E-state index contributed by atoms with van der Waals surface area (Å²) in [6.45, 7) is 6.51. The minimum absolute atomic E-state index is 0.159. The van der Waals surface area contributed by atoms with Crippen molar-refractivity contribution in [3.8, 4) is 0 Å². The first-order chi connectivity index (χ1) is 9.58. The fourth-order valence-corrected chi connectivity index (χ4v) is 3.78. The minimum Gasteiger partial charge on any atom is -0.392 e. The zero-order valence-corrected chi connectivity index (χ0v) is 13.4. The van der Waals surface area contributed by atoms with Gasteiger partial charge < -0.3 is 5.11 Å². The number of aliphatic hydroxyl groups is 1. The van der Waals surface area contributed by atoms with Gasteiger partial charge in [-0.3, -0.25) is 0 Å². The van der Waals surface area contributed by atoms with Crippen molar-refractivity contribution in [2.45, 2.75) is 78.2 Å². The molecule has 1 heteroatoms. The Hall–Kier alpha value is -0.820. The normalized spacial score (nSPS) is 19.4. The van der Waals surface area contributed by atoms with Gasteiger partial charge in [0.05, 0.1) is 6.10 Å². The first-order valence-corrected chi connectivity index (χ1v) is 8.32. The van der Waals surface area contributed by atoms with E-state index in [2.05, 4.69) is 32.9 Å². The molecular weight excluding hydrogens is 244 g/mol. The predicted molar refractivity (Wildman–Crippen MR) is 86.2 cm³/mol. The van der Waals surface area contributed by atoms with Crippen LogP contribution in [0, 0.1) is 26.7 Å². The van der Waals surface area contributed by atoms with Crippen LogP contribution in [0.2, 0.25) is 0 Å². The van der Waals surface area contributed by atoms with E-state index in [-0.39, 0.29) is 6.10 Å². The maximum Gasteiger partial charge on any atom is 0.0608 e. The number of aryl methyl sites for hydroxylation is 3. The molecule has 1 aliphatic rings. The van der Waals surface area contributed by atoms with Crippen molar-refractivity contribution in [1.82, 2.24) is 0 Å². The molecule has 2 rings (SSSR count). The summed E-state index contributed by atoms with van der Waals surface area (Å²) in [7, 11) is 0. The van der Waals surface area contributed by atoms with Crippen molar-refractivity contribution in [2.24, 2.45) is 5.92 Å². The molecule has 0 amide bonds. The first-order valence-electron chi connectivity index (χ1n) is 8.32. The van der Waals surface area contributed by atoms with Gasteiger partial charge >= 0.3 is 0 Å². The average Bonchev–Trinajstić information content (AvgIpc) is 2.33. The number of benzene rings is 1. The summed E-state index contributed by atoms with van der Waals surface area (Å²) in [4.78, 5) is 0. The van der Waals surface area contributed by atoms with Gasteiger partial charge in [0.15, 0.2) is 0 Å². The van der Waals surface area contributed by atoms with Crippen molar-refractivity contribution in [2.75, 3.05) is 0 Å². The maximum absolute atomic E-state index is 10.7. The molecule has 1 N–H and O–H groups in total. The monoisotopic (exact) mass is 274 g/mol. The summed E-state index contributed by atoms with van der Waals surface area (Å²) in [6, 6.07) is 4.49. The van der Waals surface area contributed by atoms with Gasteiger partial charge in [-0.2, -0.15) is 0 Å². The quantitative estimate of drug-likeness (QED) is 0.833. The van der Waals surface area contributed by atoms with Gasteiger partial charge in [-0.15, -0.1) is 0 Å². The van der Waals surface area contributed by atoms with E-state index < -0.39 is 0 Å². The van der Waals surface area contributed by atoms with E-state index in [1.807, 2.05) is 0 Å². The molecule has 0 heterocycles. The van der Waals surface area contributed by atoms with Crippen molar-refractivity contribution < 1.29 is 5.11 Å². The van der Waals surface area contributed by atoms with Gasteiger partial charge in [-0.05, 0) is 62.6 Å². The number of hydrogen-bond acceptors (Lipinski definition) is 1. The summed E-state index contributed by atoms with van der Waals surface area (Å²) < 4.78 is 0. The largest absolute Gasteiger partial charge is 0.392 e. The smallest absolute Gasteiger partial charge is 0.0608 e. The minimum atomic E-state index is -0.159. The van der Waals surface area contributed by atoms with Crippen molar-refractivity contribution in [1.29, 1.82) is 0 Å². The van der Waals surface area contributed by atoms with Gasteiger partial charge in [0.1, 0.15) is 0 Å². The van der Waals surface area contributed by atoms with Crippen LogP contribution < -0.4 is 0 Å². The topological polar surface area (TPSA) is 20.2 Å². The van der Waals surface area contributed by atoms with Gasteiger partial charge in [0, 0.05) is 0 Å². The number of hydrogen-bond donors (Lipinski definition) is 1. The van der Waals surface area contributed by atoms with Crippen LogP contribution in [0.25, 0.3) is 0 Å². The van der Waals surface area contributed by atoms with E-state index in [9.17, 15) is 5.11 Å². The van der Waals surface area contributed by atoms with E-state index in [1.165, 1.54) is 67.2 Å². The molecule has 1 aliphatic carbocycles. The third kappa shape index (κ3) is 4.09. The fourth-order valence-electron chi connectivity index (χ4n) is 3.78. The highest BCUT2D eigenvalue weighted by molar-refractivity contribution is 5.37. The van der Waals surface area contributed by atoms with Crippen LogP contribution in [0.15, 0.2) is 12.1 Å². The van der Waals surface area contributed by atoms with Gasteiger partial charge in [0.25, 0.3) is 0 Å². The van der Waals surface area contributed by atoms with Crippen LogP contribution in [0.3, 0.4) is 0 Å². The van der Waals surface area contributed by atoms with E-state index >= 15 is 0 Å². The SMILES string of the molecule is Cc1cc(C)c(CC(O)C2CCCCCCC2)c(C)c1. The molecule has 0 spiro atoms. The summed E-state index contributed by atoms with van der Waals surface area (Å²) in [5, 5.41) is 10.7. The van der Waals surface area contributed by atoms with Crippen LogP contribution in [0.5, 0.6) is 0 Å². The highest BCUT2D eigenvalue weighted by Gasteiger charge is 2.21. The lowest BCUT2D eigenvalue weighted by Crippen LogP contribution is -2.24. The zero-order chi connectivity index (χ0) is 14.5. The second-order valence-corrected chi connectivity index (χ2v) is 6.75. The predicted octanol–water partition coefficient (Wildman–Crippen LogP) is 4.88. The molecule has 0 radical (unpaired) electrons. The first kappa shape index (κ1) is 15.6. The standard InChI is InChI=1S/C19H30O/c1-14-11-15(2)18(16(3)12-14)13-19(20)17-9-7-5-4-6-8-10-17/h11-12,17,19-20H,4-10,13H2,1-3H3.